The zero-order valence-corrected chi connectivity index (χ0v) is 18.3. The second kappa shape index (κ2) is 9.65. The molecule has 6 heteroatoms. The third-order valence-corrected chi connectivity index (χ3v) is 5.23. The van der Waals surface area contributed by atoms with Crippen molar-refractivity contribution in [1.82, 2.24) is 9.88 Å². The van der Waals surface area contributed by atoms with Gasteiger partial charge in [-0.3, -0.25) is 15.0 Å². The first kappa shape index (κ1) is 21.7. The summed E-state index contributed by atoms with van der Waals surface area (Å²) in [7, 11) is 3.25. The number of halogens is 1. The molecule has 5 nitrogen and oxygen atoms in total. The fourth-order valence-electron chi connectivity index (χ4n) is 3.55. The highest BCUT2D eigenvalue weighted by molar-refractivity contribution is 6.00. The maximum atomic E-state index is 14.0. The minimum absolute atomic E-state index is 0.206. The molecule has 1 aliphatic rings. The van der Waals surface area contributed by atoms with Crippen LogP contribution in [0, 0.1) is 11.7 Å². The third-order valence-electron chi connectivity index (χ3n) is 5.23. The summed E-state index contributed by atoms with van der Waals surface area (Å²) < 4.78 is 19.2. The quantitative estimate of drug-likeness (QED) is 0.597. The first-order valence-electron chi connectivity index (χ1n) is 10.2. The molecule has 0 amide bonds. The summed E-state index contributed by atoms with van der Waals surface area (Å²) in [6.45, 7) is 8.43. The molecule has 0 saturated carbocycles. The number of ether oxygens (including phenoxy) is 1. The average Bonchev–Trinajstić information content (AvgIpc) is 2.72. The van der Waals surface area contributed by atoms with E-state index in [0.717, 1.165) is 47.4 Å². The molecule has 0 radical (unpaired) electrons. The van der Waals surface area contributed by atoms with Crippen LogP contribution in [0.4, 0.5) is 4.39 Å². The number of aliphatic imine (C=N–C) groups is 2. The van der Waals surface area contributed by atoms with Gasteiger partial charge in [0.15, 0.2) is 11.6 Å². The smallest absolute Gasteiger partial charge is 0.167 e. The summed E-state index contributed by atoms with van der Waals surface area (Å²) >= 11 is 0. The van der Waals surface area contributed by atoms with Gasteiger partial charge in [-0.2, -0.15) is 0 Å². The number of allylic oxidation sites excluding steroid dienone is 3. The van der Waals surface area contributed by atoms with Crippen molar-refractivity contribution < 1.29 is 9.13 Å². The highest BCUT2D eigenvalue weighted by Gasteiger charge is 2.23. The summed E-state index contributed by atoms with van der Waals surface area (Å²) in [6, 6.07) is 5.01. The normalized spacial score (nSPS) is 16.5. The molecule has 1 aromatic carbocycles. The number of fused-ring (bicyclic) bond motifs is 1. The van der Waals surface area contributed by atoms with Crippen LogP contribution in [0.2, 0.25) is 0 Å². The van der Waals surface area contributed by atoms with E-state index >= 15 is 0 Å². The van der Waals surface area contributed by atoms with E-state index in [2.05, 4.69) is 34.8 Å². The van der Waals surface area contributed by atoms with Crippen molar-refractivity contribution in [3.8, 4) is 5.75 Å². The molecule has 1 saturated heterocycles. The molecule has 1 aromatic heterocycles. The van der Waals surface area contributed by atoms with Gasteiger partial charge in [-0.05, 0) is 48.6 Å². The van der Waals surface area contributed by atoms with E-state index in [1.165, 1.54) is 13.2 Å². The molecular formula is C24H29FN4O. The van der Waals surface area contributed by atoms with Crippen LogP contribution in [-0.4, -0.2) is 49.1 Å². The number of methoxy groups -OCH3 is 1. The molecule has 2 heterocycles. The Morgan fingerprint density at radius 1 is 1.37 bits per heavy atom. The Bertz CT molecular complexity index is 1030. The molecule has 158 valence electrons. The van der Waals surface area contributed by atoms with Gasteiger partial charge in [0.05, 0.1) is 18.3 Å². The van der Waals surface area contributed by atoms with Gasteiger partial charge in [0, 0.05) is 55.9 Å². The van der Waals surface area contributed by atoms with E-state index in [0.29, 0.717) is 11.4 Å². The van der Waals surface area contributed by atoms with Crippen LogP contribution in [0.1, 0.15) is 32.8 Å². The van der Waals surface area contributed by atoms with Crippen LogP contribution in [0.5, 0.6) is 5.75 Å². The largest absolute Gasteiger partial charge is 0.494 e. The van der Waals surface area contributed by atoms with Crippen LogP contribution >= 0.6 is 0 Å². The fourth-order valence-corrected chi connectivity index (χ4v) is 3.55. The first-order chi connectivity index (χ1) is 14.5. The Balaban J connectivity index is 1.95. The van der Waals surface area contributed by atoms with Crippen molar-refractivity contribution in [1.29, 1.82) is 0 Å². The lowest BCUT2D eigenvalue weighted by Gasteiger charge is -2.39. The van der Waals surface area contributed by atoms with Crippen molar-refractivity contribution in [2.45, 2.75) is 27.2 Å². The minimum Gasteiger partial charge on any atom is -0.494 e. The Labute approximate surface area is 177 Å². The van der Waals surface area contributed by atoms with Gasteiger partial charge in [-0.15, -0.1) is 0 Å². The predicted molar refractivity (Wildman–Crippen MR) is 123 cm³/mol. The molecule has 0 N–H and O–H groups in total. The van der Waals surface area contributed by atoms with Crippen LogP contribution in [0.3, 0.4) is 0 Å². The Hall–Kier alpha value is -3.02. The maximum Gasteiger partial charge on any atom is 0.167 e. The lowest BCUT2D eigenvalue weighted by molar-refractivity contribution is 0.168. The van der Waals surface area contributed by atoms with E-state index in [4.69, 9.17) is 9.73 Å². The minimum atomic E-state index is -0.418. The molecule has 0 bridgehead atoms. The molecule has 1 fully saturated rings. The number of hydrogen-bond donors (Lipinski definition) is 0. The fraction of sp³-hybridized carbons (Fsp3) is 0.375. The number of likely N-dealkylation sites (tertiary alicyclic amines) is 1. The second-order valence-corrected chi connectivity index (χ2v) is 7.62. The molecular weight excluding hydrogens is 379 g/mol. The third kappa shape index (κ3) is 4.75. The standard InChI is InChI=1S/C24H29FN4O/c1-6-18(9-19(13-26-4)29-14-16(2)15-29)28-12-17(3)20-7-8-27-23-11-22(25)24(30-5)10-21(20)23/h7-13,16H,6,14-15H2,1-5H3/b17-12+,19-9+,26-13-,28-18+. The number of benzene rings is 1. The molecule has 0 atom stereocenters. The van der Waals surface area contributed by atoms with E-state index in [-0.39, 0.29) is 5.75 Å². The van der Waals surface area contributed by atoms with Crippen LogP contribution in [0.25, 0.3) is 16.5 Å². The predicted octanol–water partition coefficient (Wildman–Crippen LogP) is 5.13. The van der Waals surface area contributed by atoms with Crippen molar-refractivity contribution in [2.75, 3.05) is 27.2 Å². The van der Waals surface area contributed by atoms with Crippen molar-refractivity contribution >= 4 is 28.4 Å². The summed E-state index contributed by atoms with van der Waals surface area (Å²) in [5.74, 6) is 0.500. The molecule has 1 aliphatic heterocycles. The summed E-state index contributed by atoms with van der Waals surface area (Å²) in [6.07, 6.45) is 8.35. The van der Waals surface area contributed by atoms with Crippen LogP contribution < -0.4 is 4.74 Å². The number of aromatic nitrogens is 1. The second-order valence-electron chi connectivity index (χ2n) is 7.62. The first-order valence-corrected chi connectivity index (χ1v) is 10.2. The van der Waals surface area contributed by atoms with Gasteiger partial charge in [0.1, 0.15) is 0 Å². The number of nitrogens with zero attached hydrogens (tertiary/aromatic N) is 4. The molecule has 2 aromatic rings. The number of rotatable bonds is 7. The zero-order valence-electron chi connectivity index (χ0n) is 18.3. The SMILES string of the molecule is CCC(/C=C(\C=N/C)N1CC(C)C1)=N\C=C(/C)c1ccnc2cc(F)c(OC)cc12. The number of hydrogen-bond acceptors (Lipinski definition) is 5. The molecule has 3 rings (SSSR count). The highest BCUT2D eigenvalue weighted by Crippen LogP contribution is 2.29. The number of pyridine rings is 1. The zero-order chi connectivity index (χ0) is 21.7. The topological polar surface area (TPSA) is 50.1 Å². The maximum absolute atomic E-state index is 14.0. The Morgan fingerprint density at radius 3 is 2.77 bits per heavy atom. The molecule has 0 aliphatic carbocycles. The van der Waals surface area contributed by atoms with E-state index < -0.39 is 5.82 Å². The van der Waals surface area contributed by atoms with Gasteiger partial charge in [-0.25, -0.2) is 4.39 Å². The summed E-state index contributed by atoms with van der Waals surface area (Å²) in [5, 5.41) is 0.835. The summed E-state index contributed by atoms with van der Waals surface area (Å²) in [5.41, 5.74) is 4.58. The Morgan fingerprint density at radius 2 is 2.13 bits per heavy atom. The summed E-state index contributed by atoms with van der Waals surface area (Å²) in [4.78, 5) is 15.5. The monoisotopic (exact) mass is 408 g/mol. The lowest BCUT2D eigenvalue weighted by Crippen LogP contribution is -2.44. The lowest BCUT2D eigenvalue weighted by atomic mass is 10.0. The highest BCUT2D eigenvalue weighted by atomic mass is 19.1. The molecule has 0 unspecified atom stereocenters. The van der Waals surface area contributed by atoms with Crippen LogP contribution in [0.15, 0.2) is 52.4 Å². The Kier molecular flexibility index (Phi) is 6.98. The van der Waals surface area contributed by atoms with Crippen molar-refractivity contribution in [3.63, 3.8) is 0 Å². The van der Waals surface area contributed by atoms with E-state index in [9.17, 15) is 4.39 Å². The van der Waals surface area contributed by atoms with Gasteiger partial charge >= 0.3 is 0 Å². The molecule has 30 heavy (non-hydrogen) atoms. The van der Waals surface area contributed by atoms with E-state index in [1.807, 2.05) is 25.4 Å². The van der Waals surface area contributed by atoms with Gasteiger partial charge in [0.25, 0.3) is 0 Å². The van der Waals surface area contributed by atoms with Crippen molar-refractivity contribution in [2.24, 2.45) is 15.9 Å². The van der Waals surface area contributed by atoms with Gasteiger partial charge < -0.3 is 9.64 Å². The average molecular weight is 409 g/mol. The van der Waals surface area contributed by atoms with E-state index in [1.54, 1.807) is 19.3 Å². The van der Waals surface area contributed by atoms with Gasteiger partial charge in [0.2, 0.25) is 0 Å². The van der Waals surface area contributed by atoms with Gasteiger partial charge in [-0.1, -0.05) is 13.8 Å². The molecule has 0 spiro atoms. The van der Waals surface area contributed by atoms with Crippen LogP contribution in [-0.2, 0) is 0 Å². The van der Waals surface area contributed by atoms with Crippen molar-refractivity contribution in [3.05, 3.63) is 53.7 Å².